The summed E-state index contributed by atoms with van der Waals surface area (Å²) in [5.41, 5.74) is 19.3. The summed E-state index contributed by atoms with van der Waals surface area (Å²) in [5, 5.41) is 1.32. The number of rotatable bonds is 3. The monoisotopic (exact) mass is 698 g/mol. The first-order valence-electron chi connectivity index (χ1n) is 18.6. The molecule has 0 unspecified atom stereocenters. The zero-order valence-electron chi connectivity index (χ0n) is 30.3. The van der Waals surface area contributed by atoms with E-state index < -0.39 is 0 Å². The second-order valence-corrected chi connectivity index (χ2v) is 16.9. The van der Waals surface area contributed by atoms with E-state index >= 15 is 0 Å². The second kappa shape index (κ2) is 10.9. The van der Waals surface area contributed by atoms with Gasteiger partial charge in [0.15, 0.2) is 0 Å². The van der Waals surface area contributed by atoms with Crippen LogP contribution in [0, 0.1) is 0 Å². The molecule has 0 spiro atoms. The van der Waals surface area contributed by atoms with Crippen LogP contribution in [0.4, 0.5) is 17.1 Å². The molecule has 0 saturated carbocycles. The normalized spacial score (nSPS) is 15.4. The molecular formula is C50H38N2S. The Morgan fingerprint density at radius 2 is 1.09 bits per heavy atom. The number of aromatic nitrogens is 1. The molecule has 3 heteroatoms. The van der Waals surface area contributed by atoms with Crippen LogP contribution in [0.3, 0.4) is 0 Å². The lowest BCUT2D eigenvalue weighted by atomic mass is 9.81. The van der Waals surface area contributed by atoms with Gasteiger partial charge in [-0.1, -0.05) is 137 Å². The minimum atomic E-state index is -0.147. The van der Waals surface area contributed by atoms with E-state index in [2.05, 4.69) is 195 Å². The summed E-state index contributed by atoms with van der Waals surface area (Å²) in [4.78, 5) is 4.94. The molecule has 2 heterocycles. The number of hydrogen-bond donors (Lipinski definition) is 0. The Hall–Kier alpha value is -5.77. The zero-order chi connectivity index (χ0) is 35.6. The molecule has 8 aromatic rings. The Labute approximate surface area is 315 Å². The summed E-state index contributed by atoms with van der Waals surface area (Å²) in [6.07, 6.45) is 0. The Bertz CT molecular complexity index is 2820. The van der Waals surface area contributed by atoms with Gasteiger partial charge in [-0.25, -0.2) is 0 Å². The lowest BCUT2D eigenvalue weighted by Crippen LogP contribution is -2.15. The lowest BCUT2D eigenvalue weighted by molar-refractivity contribution is 0.659. The van der Waals surface area contributed by atoms with Crippen LogP contribution in [0.15, 0.2) is 168 Å². The topological polar surface area (TPSA) is 8.17 Å². The van der Waals surface area contributed by atoms with Gasteiger partial charge < -0.3 is 9.47 Å². The van der Waals surface area contributed by atoms with Crippen molar-refractivity contribution < 1.29 is 0 Å². The maximum atomic E-state index is 2.55. The fourth-order valence-corrected chi connectivity index (χ4v) is 10.7. The lowest BCUT2D eigenvalue weighted by Gasteiger charge is -2.33. The van der Waals surface area contributed by atoms with Gasteiger partial charge in [0.05, 0.1) is 22.6 Å². The van der Waals surface area contributed by atoms with E-state index in [1.54, 1.807) is 0 Å². The van der Waals surface area contributed by atoms with Crippen molar-refractivity contribution in [2.45, 2.75) is 48.3 Å². The Balaban J connectivity index is 1.10. The number of benzene rings is 7. The zero-order valence-corrected chi connectivity index (χ0v) is 31.1. The van der Waals surface area contributed by atoms with Gasteiger partial charge in [0, 0.05) is 42.9 Å². The molecule has 254 valence electrons. The van der Waals surface area contributed by atoms with Crippen molar-refractivity contribution in [1.82, 2.24) is 4.57 Å². The molecule has 0 N–H and O–H groups in total. The predicted octanol–water partition coefficient (Wildman–Crippen LogP) is 13.8. The van der Waals surface area contributed by atoms with E-state index in [9.17, 15) is 0 Å². The van der Waals surface area contributed by atoms with Gasteiger partial charge in [0.2, 0.25) is 0 Å². The summed E-state index contributed by atoms with van der Waals surface area (Å²) in [5.74, 6) is 0. The number of hydrogen-bond acceptors (Lipinski definition) is 2. The first-order chi connectivity index (χ1) is 25.8. The Morgan fingerprint density at radius 1 is 0.453 bits per heavy atom. The van der Waals surface area contributed by atoms with E-state index in [-0.39, 0.29) is 10.8 Å². The SMILES string of the molecule is CC1(C)c2ccccc2-c2ccc(-n3c4c(c5cc(-c6ccc7c(c6)Sc6ccccc6N7c6ccccc6)ccc53)C(C)(C)c3ccccc3-4)cc21. The van der Waals surface area contributed by atoms with Gasteiger partial charge >= 0.3 is 0 Å². The third-order valence-corrected chi connectivity index (χ3v) is 13.3. The van der Waals surface area contributed by atoms with Crippen LogP contribution >= 0.6 is 11.8 Å². The van der Waals surface area contributed by atoms with Gasteiger partial charge in [-0.05, 0) is 105 Å². The molecule has 0 atom stereocenters. The molecule has 7 aromatic carbocycles. The fourth-order valence-electron chi connectivity index (χ4n) is 9.62. The van der Waals surface area contributed by atoms with Crippen molar-refractivity contribution in [2.75, 3.05) is 4.90 Å². The van der Waals surface area contributed by atoms with Gasteiger partial charge in [-0.2, -0.15) is 0 Å². The first kappa shape index (κ1) is 30.8. The van der Waals surface area contributed by atoms with Crippen LogP contribution < -0.4 is 4.90 Å². The number of anilines is 3. The average molecular weight is 699 g/mol. The van der Waals surface area contributed by atoms with Crippen LogP contribution in [0.25, 0.3) is 50.1 Å². The maximum absolute atomic E-state index is 2.55. The molecule has 0 fully saturated rings. The third kappa shape index (κ3) is 4.23. The highest BCUT2D eigenvalue weighted by Crippen LogP contribution is 2.56. The second-order valence-electron chi connectivity index (χ2n) is 15.8. The number of nitrogens with zero attached hydrogens (tertiary/aromatic N) is 2. The summed E-state index contributed by atoms with van der Waals surface area (Å²) in [6.45, 7) is 9.56. The Morgan fingerprint density at radius 3 is 1.92 bits per heavy atom. The molecule has 2 nitrogen and oxygen atoms in total. The van der Waals surface area contributed by atoms with Crippen LogP contribution in [0.2, 0.25) is 0 Å². The van der Waals surface area contributed by atoms with Crippen molar-refractivity contribution in [3.8, 4) is 39.2 Å². The molecular weight excluding hydrogens is 661 g/mol. The van der Waals surface area contributed by atoms with Crippen molar-refractivity contribution in [3.05, 3.63) is 180 Å². The first-order valence-corrected chi connectivity index (χ1v) is 19.4. The molecule has 11 rings (SSSR count). The smallest absolute Gasteiger partial charge is 0.0602 e. The Kier molecular flexibility index (Phi) is 6.33. The quantitative estimate of drug-likeness (QED) is 0.181. The molecule has 1 aromatic heterocycles. The van der Waals surface area contributed by atoms with Crippen LogP contribution in [-0.2, 0) is 10.8 Å². The van der Waals surface area contributed by atoms with Gasteiger partial charge in [-0.15, -0.1) is 0 Å². The molecule has 3 aliphatic rings. The largest absolute Gasteiger partial charge is 0.309 e. The highest BCUT2D eigenvalue weighted by atomic mass is 32.2. The minimum absolute atomic E-state index is 0.0700. The van der Waals surface area contributed by atoms with E-state index in [4.69, 9.17) is 0 Å². The van der Waals surface area contributed by atoms with E-state index in [0.717, 1.165) is 0 Å². The average Bonchev–Trinajstić information content (AvgIpc) is 3.74. The standard InChI is InChI=1S/C50H38N2S/c1-49(2)39-18-10-8-16-35(39)36-25-24-34(30-41(36)49)52-42-26-22-31(28-38(42)47-48(52)37-17-9-11-19-40(37)50(47,3)4)32-23-27-44-46(29-32)53-45-21-13-12-20-43(45)51(44)33-14-6-5-7-15-33/h5-30H,1-4H3. The summed E-state index contributed by atoms with van der Waals surface area (Å²) >= 11 is 1.87. The molecule has 2 aliphatic carbocycles. The van der Waals surface area contributed by atoms with Crippen molar-refractivity contribution in [3.63, 3.8) is 0 Å². The molecule has 53 heavy (non-hydrogen) atoms. The van der Waals surface area contributed by atoms with Crippen molar-refractivity contribution in [1.29, 1.82) is 0 Å². The minimum Gasteiger partial charge on any atom is -0.309 e. The van der Waals surface area contributed by atoms with Crippen molar-refractivity contribution >= 4 is 39.7 Å². The van der Waals surface area contributed by atoms with Crippen molar-refractivity contribution in [2.24, 2.45) is 0 Å². The number of fused-ring (bicyclic) bond motifs is 10. The van der Waals surface area contributed by atoms with Gasteiger partial charge in [-0.3, -0.25) is 0 Å². The van der Waals surface area contributed by atoms with Crippen LogP contribution in [0.1, 0.15) is 49.9 Å². The van der Waals surface area contributed by atoms with Gasteiger partial charge in [0.25, 0.3) is 0 Å². The maximum Gasteiger partial charge on any atom is 0.0602 e. The van der Waals surface area contributed by atoms with E-state index in [1.807, 2.05) is 11.8 Å². The third-order valence-electron chi connectivity index (χ3n) is 12.1. The van der Waals surface area contributed by atoms with Gasteiger partial charge in [0.1, 0.15) is 0 Å². The number of para-hydroxylation sites is 2. The highest BCUT2D eigenvalue weighted by Gasteiger charge is 2.41. The summed E-state index contributed by atoms with van der Waals surface area (Å²) in [6, 6.07) is 58.8. The molecule has 0 bridgehead atoms. The summed E-state index contributed by atoms with van der Waals surface area (Å²) in [7, 11) is 0. The van der Waals surface area contributed by atoms with E-state index in [0.29, 0.717) is 0 Å². The molecule has 0 saturated heterocycles. The molecule has 0 radical (unpaired) electrons. The van der Waals surface area contributed by atoms with E-state index in [1.165, 1.54) is 99.2 Å². The highest BCUT2D eigenvalue weighted by molar-refractivity contribution is 7.99. The van der Waals surface area contributed by atoms with Crippen LogP contribution in [-0.4, -0.2) is 4.57 Å². The predicted molar refractivity (Wildman–Crippen MR) is 223 cm³/mol. The molecule has 0 amide bonds. The summed E-state index contributed by atoms with van der Waals surface area (Å²) < 4.78 is 2.55. The fraction of sp³-hybridized carbons (Fsp3) is 0.120. The van der Waals surface area contributed by atoms with Crippen LogP contribution in [0.5, 0.6) is 0 Å². The molecule has 1 aliphatic heterocycles.